The lowest BCUT2D eigenvalue weighted by molar-refractivity contribution is 0.310. The highest BCUT2D eigenvalue weighted by molar-refractivity contribution is 9.09. The molecule has 0 aliphatic carbocycles. The van der Waals surface area contributed by atoms with Crippen LogP contribution >= 0.6 is 15.9 Å². The Kier molecular flexibility index (Phi) is 6.24. The zero-order valence-corrected chi connectivity index (χ0v) is 12.8. The number of azo groups is 1. The van der Waals surface area contributed by atoms with Crippen LogP contribution in [0.3, 0.4) is 0 Å². The number of hydrogen-bond donors (Lipinski definition) is 0. The second kappa shape index (κ2) is 8.48. The second-order valence-electron chi connectivity index (χ2n) is 4.27. The maximum absolute atomic E-state index is 5.63. The third-order valence-corrected chi connectivity index (χ3v) is 3.23. The number of unbranched alkanes of at least 4 members (excludes halogenated alkanes) is 1. The quantitative estimate of drug-likeness (QED) is 0.366. The first kappa shape index (κ1) is 14.7. The minimum Gasteiger partial charge on any atom is -0.494 e. The molecule has 0 unspecified atom stereocenters. The van der Waals surface area contributed by atoms with E-state index in [0.717, 1.165) is 41.9 Å². The van der Waals surface area contributed by atoms with Crippen molar-refractivity contribution < 1.29 is 4.74 Å². The van der Waals surface area contributed by atoms with E-state index >= 15 is 0 Å². The van der Waals surface area contributed by atoms with Crippen LogP contribution in [0.1, 0.15) is 12.8 Å². The second-order valence-corrected chi connectivity index (χ2v) is 5.07. The van der Waals surface area contributed by atoms with E-state index in [0.29, 0.717) is 0 Å². The minimum absolute atomic E-state index is 0.747. The Hall–Kier alpha value is -1.68. The van der Waals surface area contributed by atoms with Crippen LogP contribution in [0.4, 0.5) is 11.4 Å². The van der Waals surface area contributed by atoms with Crippen molar-refractivity contribution in [2.24, 2.45) is 10.2 Å². The summed E-state index contributed by atoms with van der Waals surface area (Å²) in [7, 11) is 0. The number of benzene rings is 2. The van der Waals surface area contributed by atoms with Gasteiger partial charge in [0.25, 0.3) is 0 Å². The zero-order valence-electron chi connectivity index (χ0n) is 11.2. The summed E-state index contributed by atoms with van der Waals surface area (Å²) in [5, 5.41) is 9.39. The van der Waals surface area contributed by atoms with Crippen LogP contribution in [0, 0.1) is 0 Å². The van der Waals surface area contributed by atoms with Crippen molar-refractivity contribution in [3.05, 3.63) is 54.6 Å². The molecule has 0 saturated heterocycles. The Morgan fingerprint density at radius 1 is 0.800 bits per heavy atom. The Labute approximate surface area is 127 Å². The molecule has 0 aromatic heterocycles. The average Bonchev–Trinajstić information content (AvgIpc) is 2.52. The minimum atomic E-state index is 0.747. The maximum Gasteiger partial charge on any atom is 0.119 e. The Balaban J connectivity index is 1.87. The van der Waals surface area contributed by atoms with Gasteiger partial charge in [0.2, 0.25) is 0 Å². The summed E-state index contributed by atoms with van der Waals surface area (Å²) < 4.78 is 5.63. The fraction of sp³-hybridized carbons (Fsp3) is 0.250. The van der Waals surface area contributed by atoms with Gasteiger partial charge in [-0.25, -0.2) is 0 Å². The van der Waals surface area contributed by atoms with Gasteiger partial charge in [0.15, 0.2) is 0 Å². The van der Waals surface area contributed by atoms with Crippen molar-refractivity contribution in [2.75, 3.05) is 11.9 Å². The van der Waals surface area contributed by atoms with Crippen molar-refractivity contribution in [3.63, 3.8) is 0 Å². The molecule has 2 rings (SSSR count). The first-order valence-electron chi connectivity index (χ1n) is 6.64. The van der Waals surface area contributed by atoms with E-state index in [1.54, 1.807) is 0 Å². The third-order valence-electron chi connectivity index (χ3n) is 2.67. The lowest BCUT2D eigenvalue weighted by Crippen LogP contribution is -1.96. The van der Waals surface area contributed by atoms with Crippen molar-refractivity contribution in [3.8, 4) is 5.75 Å². The van der Waals surface area contributed by atoms with Gasteiger partial charge in [-0.3, -0.25) is 0 Å². The number of ether oxygens (including phenoxy) is 1. The number of halogens is 1. The summed E-state index contributed by atoms with van der Waals surface area (Å²) in [5.74, 6) is 0.873. The predicted molar refractivity (Wildman–Crippen MR) is 85.6 cm³/mol. The molecule has 0 radical (unpaired) electrons. The van der Waals surface area contributed by atoms with Gasteiger partial charge in [0, 0.05) is 5.33 Å². The molecule has 0 amide bonds. The van der Waals surface area contributed by atoms with Gasteiger partial charge in [-0.15, -0.1) is 0 Å². The summed E-state index contributed by atoms with van der Waals surface area (Å²) in [6.07, 6.45) is 2.18. The molecule has 0 saturated carbocycles. The van der Waals surface area contributed by atoms with Crippen molar-refractivity contribution in [2.45, 2.75) is 12.8 Å². The van der Waals surface area contributed by atoms with Crippen LogP contribution in [0.5, 0.6) is 5.75 Å². The van der Waals surface area contributed by atoms with Crippen LogP contribution in [0.15, 0.2) is 64.8 Å². The molecule has 0 fully saturated rings. The summed E-state index contributed by atoms with van der Waals surface area (Å²) in [6.45, 7) is 0.747. The van der Waals surface area contributed by atoms with E-state index in [4.69, 9.17) is 4.74 Å². The van der Waals surface area contributed by atoms with Gasteiger partial charge in [0.1, 0.15) is 5.75 Å². The first-order valence-corrected chi connectivity index (χ1v) is 7.76. The van der Waals surface area contributed by atoms with Gasteiger partial charge in [0.05, 0.1) is 18.0 Å². The number of nitrogens with zero attached hydrogens (tertiary/aromatic N) is 2. The molecule has 0 aliphatic rings. The van der Waals surface area contributed by atoms with E-state index in [2.05, 4.69) is 26.2 Å². The molecule has 0 spiro atoms. The zero-order chi connectivity index (χ0) is 14.0. The van der Waals surface area contributed by atoms with E-state index in [9.17, 15) is 0 Å². The highest BCUT2D eigenvalue weighted by Crippen LogP contribution is 2.21. The summed E-state index contributed by atoms with van der Waals surface area (Å²) in [5.41, 5.74) is 1.67. The first-order chi connectivity index (χ1) is 9.88. The van der Waals surface area contributed by atoms with Crippen LogP contribution < -0.4 is 4.74 Å². The Morgan fingerprint density at radius 2 is 1.45 bits per heavy atom. The predicted octanol–water partition coefficient (Wildman–Crippen LogP) is 5.66. The van der Waals surface area contributed by atoms with Crippen LogP contribution in [-0.2, 0) is 0 Å². The fourth-order valence-corrected chi connectivity index (χ4v) is 2.00. The molecule has 0 N–H and O–H groups in total. The molecule has 3 nitrogen and oxygen atoms in total. The molecule has 0 heterocycles. The summed E-state index contributed by atoms with van der Waals surface area (Å²) in [4.78, 5) is 0. The van der Waals surface area contributed by atoms with E-state index < -0.39 is 0 Å². The monoisotopic (exact) mass is 332 g/mol. The summed E-state index contributed by atoms with van der Waals surface area (Å²) in [6, 6.07) is 17.4. The standard InChI is InChI=1S/C16H17BrN2O/c17-12-4-5-13-20-16-10-8-15(9-11-16)19-18-14-6-2-1-3-7-14/h1-3,6-11H,4-5,12-13H2. The Bertz CT molecular complexity index is 526. The van der Waals surface area contributed by atoms with Crippen LogP contribution in [0.2, 0.25) is 0 Å². The van der Waals surface area contributed by atoms with Crippen molar-refractivity contribution in [1.29, 1.82) is 0 Å². The maximum atomic E-state index is 5.63. The SMILES string of the molecule is BrCCCCOc1ccc(N=Nc2ccccc2)cc1. The summed E-state index contributed by atoms with van der Waals surface area (Å²) >= 11 is 3.40. The van der Waals surface area contributed by atoms with E-state index in [1.165, 1.54) is 0 Å². The molecule has 2 aromatic rings. The van der Waals surface area contributed by atoms with Gasteiger partial charge in [-0.1, -0.05) is 34.1 Å². The molecule has 0 aliphatic heterocycles. The molecule has 104 valence electrons. The Morgan fingerprint density at radius 3 is 2.10 bits per heavy atom. The van der Waals surface area contributed by atoms with Crippen LogP contribution in [-0.4, -0.2) is 11.9 Å². The topological polar surface area (TPSA) is 34.0 Å². The largest absolute Gasteiger partial charge is 0.494 e. The van der Waals surface area contributed by atoms with Crippen LogP contribution in [0.25, 0.3) is 0 Å². The highest BCUT2D eigenvalue weighted by Gasteiger charge is 1.95. The molecule has 4 heteroatoms. The molecule has 2 aromatic carbocycles. The normalized spacial score (nSPS) is 10.8. The third kappa shape index (κ3) is 5.13. The fourth-order valence-electron chi connectivity index (χ4n) is 1.61. The molecular weight excluding hydrogens is 316 g/mol. The molecular formula is C16H17BrN2O. The number of rotatable bonds is 7. The lowest BCUT2D eigenvalue weighted by Gasteiger charge is -2.05. The van der Waals surface area contributed by atoms with Gasteiger partial charge >= 0.3 is 0 Å². The lowest BCUT2D eigenvalue weighted by atomic mass is 10.3. The average molecular weight is 333 g/mol. The van der Waals surface area contributed by atoms with Crippen molar-refractivity contribution in [1.82, 2.24) is 0 Å². The van der Waals surface area contributed by atoms with E-state index in [1.807, 2.05) is 54.6 Å². The van der Waals surface area contributed by atoms with Gasteiger partial charge in [-0.05, 0) is 49.2 Å². The number of hydrogen-bond acceptors (Lipinski definition) is 3. The highest BCUT2D eigenvalue weighted by atomic mass is 79.9. The van der Waals surface area contributed by atoms with Gasteiger partial charge < -0.3 is 4.74 Å². The van der Waals surface area contributed by atoms with E-state index in [-0.39, 0.29) is 0 Å². The molecule has 0 bridgehead atoms. The smallest absolute Gasteiger partial charge is 0.119 e. The molecule has 0 atom stereocenters. The number of alkyl halides is 1. The van der Waals surface area contributed by atoms with Crippen molar-refractivity contribution >= 4 is 27.3 Å². The van der Waals surface area contributed by atoms with Gasteiger partial charge in [-0.2, -0.15) is 10.2 Å². The molecule has 20 heavy (non-hydrogen) atoms.